The normalized spacial score (nSPS) is 10.4. The number of amides is 1. The molecular weight excluding hydrogens is 346 g/mol. The van der Waals surface area contributed by atoms with Gasteiger partial charge in [-0.3, -0.25) is 4.79 Å². The molecule has 1 heterocycles. The zero-order chi connectivity index (χ0) is 19.1. The summed E-state index contributed by atoms with van der Waals surface area (Å²) in [7, 11) is 3.21. The summed E-state index contributed by atoms with van der Waals surface area (Å²) in [5, 5.41) is 6.83. The van der Waals surface area contributed by atoms with Crippen molar-refractivity contribution in [3.8, 4) is 22.9 Å². The number of carbonyl (C=O) groups is 1. The van der Waals surface area contributed by atoms with E-state index in [2.05, 4.69) is 15.5 Å². The first-order valence-corrected chi connectivity index (χ1v) is 8.59. The number of nitrogens with zero attached hydrogens (tertiary/aromatic N) is 2. The SMILES string of the molecule is COc1ccc(-c2noc(CCCC(=O)Nc3cccc(OC)c3)n2)cc1. The zero-order valence-corrected chi connectivity index (χ0v) is 15.3. The minimum atomic E-state index is -0.0712. The predicted molar refractivity (Wildman–Crippen MR) is 101 cm³/mol. The first-order chi connectivity index (χ1) is 13.2. The first kappa shape index (κ1) is 18.4. The van der Waals surface area contributed by atoms with Crippen molar-refractivity contribution in [3.05, 3.63) is 54.4 Å². The van der Waals surface area contributed by atoms with Crippen molar-refractivity contribution in [3.63, 3.8) is 0 Å². The number of nitrogens with one attached hydrogen (secondary N) is 1. The highest BCUT2D eigenvalue weighted by Crippen LogP contribution is 2.20. The Morgan fingerprint density at radius 1 is 1.07 bits per heavy atom. The molecule has 0 aliphatic heterocycles. The van der Waals surface area contributed by atoms with Crippen LogP contribution in [0.4, 0.5) is 5.69 Å². The van der Waals surface area contributed by atoms with E-state index in [1.165, 1.54) is 0 Å². The molecule has 0 aliphatic carbocycles. The molecule has 1 N–H and O–H groups in total. The van der Waals surface area contributed by atoms with Gasteiger partial charge in [0.1, 0.15) is 11.5 Å². The van der Waals surface area contributed by atoms with Crippen LogP contribution in [0.1, 0.15) is 18.7 Å². The van der Waals surface area contributed by atoms with Crippen molar-refractivity contribution in [1.29, 1.82) is 0 Å². The molecule has 0 atom stereocenters. The molecule has 7 heteroatoms. The van der Waals surface area contributed by atoms with Crippen molar-refractivity contribution in [2.45, 2.75) is 19.3 Å². The molecule has 140 valence electrons. The van der Waals surface area contributed by atoms with Crippen molar-refractivity contribution in [2.75, 3.05) is 19.5 Å². The van der Waals surface area contributed by atoms with Crippen LogP contribution in [0.2, 0.25) is 0 Å². The zero-order valence-electron chi connectivity index (χ0n) is 15.3. The van der Waals surface area contributed by atoms with Gasteiger partial charge in [0.25, 0.3) is 0 Å². The molecule has 1 amide bonds. The number of rotatable bonds is 8. The highest BCUT2D eigenvalue weighted by Gasteiger charge is 2.10. The van der Waals surface area contributed by atoms with Gasteiger partial charge in [-0.1, -0.05) is 11.2 Å². The number of aryl methyl sites for hydroxylation is 1. The molecule has 0 aliphatic rings. The number of carbonyl (C=O) groups excluding carboxylic acids is 1. The Kier molecular flexibility index (Phi) is 6.04. The number of hydrogen-bond acceptors (Lipinski definition) is 6. The number of hydrogen-bond donors (Lipinski definition) is 1. The van der Waals surface area contributed by atoms with Crippen LogP contribution in [-0.2, 0) is 11.2 Å². The monoisotopic (exact) mass is 367 g/mol. The molecule has 7 nitrogen and oxygen atoms in total. The molecular formula is C20H21N3O4. The number of ether oxygens (including phenoxy) is 2. The van der Waals surface area contributed by atoms with E-state index >= 15 is 0 Å². The molecule has 0 saturated carbocycles. The van der Waals surface area contributed by atoms with Crippen LogP contribution in [0.5, 0.6) is 11.5 Å². The van der Waals surface area contributed by atoms with Crippen LogP contribution in [0.3, 0.4) is 0 Å². The smallest absolute Gasteiger partial charge is 0.226 e. The lowest BCUT2D eigenvalue weighted by molar-refractivity contribution is -0.116. The van der Waals surface area contributed by atoms with Gasteiger partial charge >= 0.3 is 0 Å². The molecule has 0 saturated heterocycles. The van der Waals surface area contributed by atoms with E-state index in [0.29, 0.717) is 42.4 Å². The second-order valence-electron chi connectivity index (χ2n) is 5.87. The maximum atomic E-state index is 12.1. The quantitative estimate of drug-likeness (QED) is 0.653. The lowest BCUT2D eigenvalue weighted by Gasteiger charge is -2.06. The van der Waals surface area contributed by atoms with Gasteiger partial charge in [0.05, 0.1) is 14.2 Å². The van der Waals surface area contributed by atoms with E-state index in [1.54, 1.807) is 20.3 Å². The van der Waals surface area contributed by atoms with E-state index in [-0.39, 0.29) is 5.91 Å². The largest absolute Gasteiger partial charge is 0.497 e. The van der Waals surface area contributed by atoms with Crippen molar-refractivity contribution in [2.24, 2.45) is 0 Å². The van der Waals surface area contributed by atoms with Gasteiger partial charge < -0.3 is 19.3 Å². The predicted octanol–water partition coefficient (Wildman–Crippen LogP) is 3.72. The van der Waals surface area contributed by atoms with Crippen LogP contribution in [0.15, 0.2) is 53.1 Å². The summed E-state index contributed by atoms with van der Waals surface area (Å²) in [6.07, 6.45) is 1.51. The van der Waals surface area contributed by atoms with Crippen LogP contribution < -0.4 is 14.8 Å². The topological polar surface area (TPSA) is 86.5 Å². The van der Waals surface area contributed by atoms with Gasteiger partial charge in [0, 0.05) is 30.2 Å². The summed E-state index contributed by atoms with van der Waals surface area (Å²) >= 11 is 0. The van der Waals surface area contributed by atoms with Crippen molar-refractivity contribution >= 4 is 11.6 Å². The molecule has 0 bridgehead atoms. The molecule has 0 radical (unpaired) electrons. The van der Waals surface area contributed by atoms with Gasteiger partial charge in [-0.2, -0.15) is 4.98 Å². The van der Waals surface area contributed by atoms with Crippen LogP contribution >= 0.6 is 0 Å². The third-order valence-corrected chi connectivity index (χ3v) is 3.96. The van der Waals surface area contributed by atoms with Crippen molar-refractivity contribution < 1.29 is 18.8 Å². The van der Waals surface area contributed by atoms with E-state index in [1.807, 2.05) is 42.5 Å². The Bertz CT molecular complexity index is 890. The van der Waals surface area contributed by atoms with Gasteiger partial charge in [-0.15, -0.1) is 0 Å². The fourth-order valence-corrected chi connectivity index (χ4v) is 2.54. The molecule has 27 heavy (non-hydrogen) atoms. The van der Waals surface area contributed by atoms with Gasteiger partial charge in [-0.05, 0) is 42.8 Å². The Labute approximate surface area is 157 Å². The molecule has 2 aromatic carbocycles. The third kappa shape index (κ3) is 5.07. The fourth-order valence-electron chi connectivity index (χ4n) is 2.54. The average molecular weight is 367 g/mol. The number of benzene rings is 2. The van der Waals surface area contributed by atoms with Crippen LogP contribution in [0.25, 0.3) is 11.4 Å². The second kappa shape index (κ2) is 8.84. The lowest BCUT2D eigenvalue weighted by atomic mass is 10.2. The summed E-state index contributed by atoms with van der Waals surface area (Å²) in [5.41, 5.74) is 1.56. The first-order valence-electron chi connectivity index (χ1n) is 8.59. The molecule has 3 rings (SSSR count). The van der Waals surface area contributed by atoms with Gasteiger partial charge in [0.2, 0.25) is 17.6 Å². The third-order valence-electron chi connectivity index (χ3n) is 3.96. The lowest BCUT2D eigenvalue weighted by Crippen LogP contribution is -2.11. The van der Waals surface area contributed by atoms with E-state index in [9.17, 15) is 4.79 Å². The summed E-state index contributed by atoms with van der Waals surface area (Å²) in [5.74, 6) is 2.43. The number of anilines is 1. The van der Waals surface area contributed by atoms with Gasteiger partial charge in [0.15, 0.2) is 0 Å². The molecule has 0 unspecified atom stereocenters. The highest BCUT2D eigenvalue weighted by molar-refractivity contribution is 5.90. The number of aromatic nitrogens is 2. The Balaban J connectivity index is 1.48. The summed E-state index contributed by atoms with van der Waals surface area (Å²) in [6.45, 7) is 0. The van der Waals surface area contributed by atoms with Crippen LogP contribution in [0, 0.1) is 0 Å². The van der Waals surface area contributed by atoms with Crippen molar-refractivity contribution in [1.82, 2.24) is 10.1 Å². The molecule has 3 aromatic rings. The minimum Gasteiger partial charge on any atom is -0.497 e. The molecule has 1 aromatic heterocycles. The summed E-state index contributed by atoms with van der Waals surface area (Å²) in [6, 6.07) is 14.7. The Morgan fingerprint density at radius 3 is 2.59 bits per heavy atom. The second-order valence-corrected chi connectivity index (χ2v) is 5.87. The molecule has 0 spiro atoms. The van der Waals surface area contributed by atoms with E-state index in [0.717, 1.165) is 11.3 Å². The maximum absolute atomic E-state index is 12.1. The summed E-state index contributed by atoms with van der Waals surface area (Å²) < 4.78 is 15.5. The van der Waals surface area contributed by atoms with E-state index < -0.39 is 0 Å². The average Bonchev–Trinajstić information content (AvgIpc) is 3.17. The Hall–Kier alpha value is -3.35. The maximum Gasteiger partial charge on any atom is 0.226 e. The minimum absolute atomic E-state index is 0.0712. The highest BCUT2D eigenvalue weighted by atomic mass is 16.5. The summed E-state index contributed by atoms with van der Waals surface area (Å²) in [4.78, 5) is 16.4. The standard InChI is InChI=1S/C20H21N3O4/c1-25-16-11-9-14(10-12-16)20-22-19(27-23-20)8-4-7-18(24)21-15-5-3-6-17(13-15)26-2/h3,5-6,9-13H,4,7-8H2,1-2H3,(H,21,24). The van der Waals surface area contributed by atoms with Gasteiger partial charge in [-0.25, -0.2) is 0 Å². The van der Waals surface area contributed by atoms with Crippen LogP contribution in [-0.4, -0.2) is 30.3 Å². The number of methoxy groups -OCH3 is 2. The fraction of sp³-hybridized carbons (Fsp3) is 0.250. The van der Waals surface area contributed by atoms with E-state index in [4.69, 9.17) is 14.0 Å². The molecule has 0 fully saturated rings. The Morgan fingerprint density at radius 2 is 1.85 bits per heavy atom.